The molecule has 0 spiro atoms. The molecule has 1 rings (SSSR count). The van der Waals surface area contributed by atoms with E-state index in [4.69, 9.17) is 5.73 Å². The molecule has 0 bridgehead atoms. The van der Waals surface area contributed by atoms with Crippen molar-refractivity contribution in [3.05, 3.63) is 15.6 Å². The number of hydrogen-bond acceptors (Lipinski definition) is 4. The Kier molecular flexibility index (Phi) is 4.92. The first-order valence-corrected chi connectivity index (χ1v) is 6.86. The first kappa shape index (κ1) is 12.0. The van der Waals surface area contributed by atoms with Gasteiger partial charge in [-0.3, -0.25) is 0 Å². The van der Waals surface area contributed by atoms with Crippen molar-refractivity contribution < 1.29 is 0 Å². The maximum absolute atomic E-state index is 6.00. The molecule has 2 nitrogen and oxygen atoms in total. The van der Waals surface area contributed by atoms with Crippen LogP contribution < -0.4 is 5.73 Å². The number of nitrogens with two attached hydrogens (primary N) is 1. The van der Waals surface area contributed by atoms with Crippen LogP contribution in [0, 0.1) is 13.8 Å². The summed E-state index contributed by atoms with van der Waals surface area (Å²) < 4.78 is 0. The number of nitrogens with zero attached hydrogens (tertiary/aromatic N) is 1. The second-order valence-electron chi connectivity index (χ2n) is 3.37. The van der Waals surface area contributed by atoms with Gasteiger partial charge in [0.1, 0.15) is 0 Å². The van der Waals surface area contributed by atoms with Gasteiger partial charge in [0, 0.05) is 23.1 Å². The third-order valence-corrected chi connectivity index (χ3v) is 4.21. The summed E-state index contributed by atoms with van der Waals surface area (Å²) in [4.78, 5) is 5.80. The quantitative estimate of drug-likeness (QED) is 0.844. The molecule has 0 saturated carbocycles. The van der Waals surface area contributed by atoms with Gasteiger partial charge in [0.05, 0.1) is 10.7 Å². The molecule has 1 aromatic heterocycles. The van der Waals surface area contributed by atoms with Crippen LogP contribution in [-0.4, -0.2) is 22.5 Å². The highest BCUT2D eigenvalue weighted by atomic mass is 32.2. The van der Waals surface area contributed by atoms with Crippen molar-refractivity contribution in [2.75, 3.05) is 11.5 Å². The summed E-state index contributed by atoms with van der Waals surface area (Å²) in [5.74, 6) is 2.18. The fourth-order valence-corrected chi connectivity index (χ4v) is 2.86. The second kappa shape index (κ2) is 5.73. The minimum Gasteiger partial charge on any atom is -0.327 e. The molecule has 0 fully saturated rings. The highest BCUT2D eigenvalue weighted by Gasteiger charge is 2.08. The van der Waals surface area contributed by atoms with Crippen molar-refractivity contribution in [2.45, 2.75) is 33.2 Å². The number of aromatic nitrogens is 1. The van der Waals surface area contributed by atoms with Gasteiger partial charge in [-0.25, -0.2) is 4.98 Å². The summed E-state index contributed by atoms with van der Waals surface area (Å²) in [5.41, 5.74) is 7.15. The van der Waals surface area contributed by atoms with Gasteiger partial charge in [-0.15, -0.1) is 11.3 Å². The zero-order valence-electron chi connectivity index (χ0n) is 9.04. The molecule has 1 heterocycles. The average Bonchev–Trinajstić information content (AvgIpc) is 2.42. The van der Waals surface area contributed by atoms with Gasteiger partial charge in [-0.05, 0) is 19.6 Å². The van der Waals surface area contributed by atoms with E-state index in [1.165, 1.54) is 9.88 Å². The van der Waals surface area contributed by atoms with Crippen LogP contribution in [0.25, 0.3) is 0 Å². The first-order valence-electron chi connectivity index (χ1n) is 4.89. The Labute approximate surface area is 94.3 Å². The lowest BCUT2D eigenvalue weighted by Crippen LogP contribution is -2.25. The average molecular weight is 230 g/mol. The summed E-state index contributed by atoms with van der Waals surface area (Å²) in [6.45, 7) is 6.33. The van der Waals surface area contributed by atoms with Crippen LogP contribution >= 0.6 is 23.1 Å². The summed E-state index contributed by atoms with van der Waals surface area (Å²) in [5, 5.41) is 1.18. The van der Waals surface area contributed by atoms with Crippen molar-refractivity contribution in [1.29, 1.82) is 0 Å². The maximum Gasteiger partial charge on any atom is 0.0946 e. The Morgan fingerprint density at radius 3 is 2.71 bits per heavy atom. The van der Waals surface area contributed by atoms with Crippen LogP contribution in [0.4, 0.5) is 0 Å². The molecular formula is C10H18N2S2. The van der Waals surface area contributed by atoms with E-state index in [-0.39, 0.29) is 6.04 Å². The maximum atomic E-state index is 6.00. The Hall–Kier alpha value is -0.0600. The van der Waals surface area contributed by atoms with Gasteiger partial charge >= 0.3 is 0 Å². The lowest BCUT2D eigenvalue weighted by molar-refractivity contribution is 0.743. The molecule has 0 aliphatic carbocycles. The molecule has 80 valence electrons. The summed E-state index contributed by atoms with van der Waals surface area (Å²) in [7, 11) is 0. The topological polar surface area (TPSA) is 38.9 Å². The van der Waals surface area contributed by atoms with Crippen molar-refractivity contribution in [3.8, 4) is 0 Å². The van der Waals surface area contributed by atoms with Gasteiger partial charge in [-0.1, -0.05) is 6.92 Å². The Morgan fingerprint density at radius 1 is 1.50 bits per heavy atom. The fourth-order valence-electron chi connectivity index (χ4n) is 1.18. The van der Waals surface area contributed by atoms with E-state index in [0.717, 1.165) is 23.6 Å². The molecule has 0 saturated heterocycles. The van der Waals surface area contributed by atoms with E-state index in [2.05, 4.69) is 25.8 Å². The Morgan fingerprint density at radius 2 is 2.21 bits per heavy atom. The van der Waals surface area contributed by atoms with Gasteiger partial charge in [0.15, 0.2) is 0 Å². The number of rotatable bonds is 5. The molecule has 14 heavy (non-hydrogen) atoms. The van der Waals surface area contributed by atoms with Gasteiger partial charge in [0.2, 0.25) is 0 Å². The van der Waals surface area contributed by atoms with E-state index >= 15 is 0 Å². The standard InChI is InChI=1S/C10H18N2S2/c1-4-13-6-9(11)5-10-12-7(2)8(3)14-10/h9H,4-6,11H2,1-3H3. The van der Waals surface area contributed by atoms with E-state index in [0.29, 0.717) is 0 Å². The third kappa shape index (κ3) is 3.59. The van der Waals surface area contributed by atoms with Crippen LogP contribution in [0.5, 0.6) is 0 Å². The van der Waals surface area contributed by atoms with Crippen molar-refractivity contribution in [3.63, 3.8) is 0 Å². The second-order valence-corrected chi connectivity index (χ2v) is 5.98. The number of aryl methyl sites for hydroxylation is 2. The highest BCUT2D eigenvalue weighted by Crippen LogP contribution is 2.18. The molecule has 1 atom stereocenters. The molecule has 0 radical (unpaired) electrons. The molecule has 1 aromatic rings. The summed E-state index contributed by atoms with van der Waals surface area (Å²) >= 11 is 3.67. The van der Waals surface area contributed by atoms with Crippen LogP contribution in [0.2, 0.25) is 0 Å². The molecule has 0 aromatic carbocycles. The summed E-state index contributed by atoms with van der Waals surface area (Å²) in [6.07, 6.45) is 0.923. The van der Waals surface area contributed by atoms with Crippen LogP contribution in [0.1, 0.15) is 22.5 Å². The molecule has 0 amide bonds. The largest absolute Gasteiger partial charge is 0.327 e. The summed E-state index contributed by atoms with van der Waals surface area (Å²) in [6, 6.07) is 0.255. The minimum atomic E-state index is 0.255. The third-order valence-electron chi connectivity index (χ3n) is 2.05. The lowest BCUT2D eigenvalue weighted by Gasteiger charge is -2.07. The van der Waals surface area contributed by atoms with Crippen LogP contribution in [0.3, 0.4) is 0 Å². The zero-order chi connectivity index (χ0) is 10.6. The van der Waals surface area contributed by atoms with E-state index < -0.39 is 0 Å². The molecule has 1 unspecified atom stereocenters. The lowest BCUT2D eigenvalue weighted by atomic mass is 10.2. The van der Waals surface area contributed by atoms with Crippen molar-refractivity contribution in [1.82, 2.24) is 4.98 Å². The number of thioether (sulfide) groups is 1. The molecule has 4 heteroatoms. The fraction of sp³-hybridized carbons (Fsp3) is 0.700. The van der Waals surface area contributed by atoms with Gasteiger partial charge < -0.3 is 5.73 Å². The Bertz CT molecular complexity index is 264. The SMILES string of the molecule is CCSCC(N)Cc1nc(C)c(C)s1. The molecule has 2 N–H and O–H groups in total. The molecule has 0 aliphatic rings. The van der Waals surface area contributed by atoms with E-state index in [9.17, 15) is 0 Å². The normalized spacial score (nSPS) is 13.1. The van der Waals surface area contributed by atoms with Crippen LogP contribution in [-0.2, 0) is 6.42 Å². The van der Waals surface area contributed by atoms with Crippen molar-refractivity contribution in [2.24, 2.45) is 5.73 Å². The molecular weight excluding hydrogens is 212 g/mol. The van der Waals surface area contributed by atoms with Gasteiger partial charge in [0.25, 0.3) is 0 Å². The smallest absolute Gasteiger partial charge is 0.0946 e. The van der Waals surface area contributed by atoms with Crippen LogP contribution in [0.15, 0.2) is 0 Å². The first-order chi connectivity index (χ1) is 6.63. The predicted octanol–water partition coefficient (Wildman–Crippen LogP) is 2.38. The zero-order valence-corrected chi connectivity index (χ0v) is 10.7. The minimum absolute atomic E-state index is 0.255. The molecule has 0 aliphatic heterocycles. The van der Waals surface area contributed by atoms with Crippen molar-refractivity contribution >= 4 is 23.1 Å². The van der Waals surface area contributed by atoms with E-state index in [1.807, 2.05) is 11.8 Å². The highest BCUT2D eigenvalue weighted by molar-refractivity contribution is 7.99. The van der Waals surface area contributed by atoms with Gasteiger partial charge in [-0.2, -0.15) is 11.8 Å². The Balaban J connectivity index is 2.43. The number of hydrogen-bond donors (Lipinski definition) is 1. The number of thiazole rings is 1. The predicted molar refractivity (Wildman–Crippen MR) is 66.3 cm³/mol. The monoisotopic (exact) mass is 230 g/mol. The van der Waals surface area contributed by atoms with E-state index in [1.54, 1.807) is 11.3 Å².